The Labute approximate surface area is 171 Å². The molecular formula is C23H40N2O3. The molecular weight excluding hydrogens is 352 g/mol. The van der Waals surface area contributed by atoms with Gasteiger partial charge in [0.2, 0.25) is 11.8 Å². The van der Waals surface area contributed by atoms with Crippen LogP contribution in [0.5, 0.6) is 0 Å². The van der Waals surface area contributed by atoms with E-state index >= 15 is 0 Å². The highest BCUT2D eigenvalue weighted by atomic mass is 16.5. The van der Waals surface area contributed by atoms with E-state index in [4.69, 9.17) is 4.74 Å². The van der Waals surface area contributed by atoms with Crippen LogP contribution in [-0.2, 0) is 14.3 Å². The van der Waals surface area contributed by atoms with Crippen LogP contribution in [-0.4, -0.2) is 49.6 Å². The summed E-state index contributed by atoms with van der Waals surface area (Å²) in [4.78, 5) is 26.7. The number of amides is 2. The molecule has 0 radical (unpaired) electrons. The van der Waals surface area contributed by atoms with E-state index in [0.717, 1.165) is 52.1 Å². The van der Waals surface area contributed by atoms with Crippen LogP contribution in [0.15, 0.2) is 12.2 Å². The molecule has 0 bridgehead atoms. The van der Waals surface area contributed by atoms with Crippen molar-refractivity contribution in [1.29, 1.82) is 0 Å². The van der Waals surface area contributed by atoms with Crippen molar-refractivity contribution in [2.75, 3.05) is 32.8 Å². The zero-order chi connectivity index (χ0) is 20.1. The first-order chi connectivity index (χ1) is 13.7. The highest BCUT2D eigenvalue weighted by Gasteiger charge is 2.44. The van der Waals surface area contributed by atoms with Crippen molar-refractivity contribution in [2.45, 2.75) is 84.0 Å². The number of rotatable bonds is 14. The van der Waals surface area contributed by atoms with Gasteiger partial charge in [0.15, 0.2) is 0 Å². The molecule has 0 aliphatic carbocycles. The standard InChI is InChI=1S/C23H40N2O3/c1-2-3-4-5-6-7-8-9-10-11-13-23(20-21(26)24-22(23)27)14-12-15-25-16-18-28-19-17-25/h11,13H,2-10,12,14-20H2,1H3,(H,24,26,27). The molecule has 0 aromatic carbocycles. The number of morpholine rings is 1. The van der Waals surface area contributed by atoms with Crippen molar-refractivity contribution in [1.82, 2.24) is 10.2 Å². The van der Waals surface area contributed by atoms with Crippen LogP contribution in [0.4, 0.5) is 0 Å². The maximum Gasteiger partial charge on any atom is 0.237 e. The number of carbonyl (C=O) groups excluding carboxylic acids is 2. The summed E-state index contributed by atoms with van der Waals surface area (Å²) >= 11 is 0. The molecule has 2 aliphatic heterocycles. The molecule has 2 heterocycles. The third-order valence-corrected chi connectivity index (χ3v) is 6.04. The molecule has 1 atom stereocenters. The predicted octanol–water partition coefficient (Wildman–Crippen LogP) is 4.22. The summed E-state index contributed by atoms with van der Waals surface area (Å²) in [6, 6.07) is 0. The number of carbonyl (C=O) groups is 2. The number of nitrogens with zero attached hydrogens (tertiary/aromatic N) is 1. The lowest BCUT2D eigenvalue weighted by molar-refractivity contribution is -0.127. The molecule has 2 rings (SSSR count). The predicted molar refractivity (Wildman–Crippen MR) is 113 cm³/mol. The molecule has 0 spiro atoms. The average Bonchev–Trinajstić information content (AvgIpc) is 2.97. The Morgan fingerprint density at radius 1 is 1.00 bits per heavy atom. The van der Waals surface area contributed by atoms with Gasteiger partial charge in [0, 0.05) is 19.5 Å². The molecule has 2 fully saturated rings. The van der Waals surface area contributed by atoms with Gasteiger partial charge in [-0.1, -0.05) is 64.0 Å². The van der Waals surface area contributed by atoms with Crippen LogP contribution < -0.4 is 5.32 Å². The fourth-order valence-electron chi connectivity index (χ4n) is 4.23. The van der Waals surface area contributed by atoms with Gasteiger partial charge in [-0.15, -0.1) is 0 Å². The first-order valence-corrected chi connectivity index (χ1v) is 11.5. The van der Waals surface area contributed by atoms with Crippen molar-refractivity contribution in [3.05, 3.63) is 12.2 Å². The van der Waals surface area contributed by atoms with Gasteiger partial charge in [-0.25, -0.2) is 0 Å². The molecule has 5 heteroatoms. The minimum atomic E-state index is -0.622. The van der Waals surface area contributed by atoms with Gasteiger partial charge in [-0.2, -0.15) is 0 Å². The van der Waals surface area contributed by atoms with E-state index in [9.17, 15) is 9.59 Å². The first-order valence-electron chi connectivity index (χ1n) is 11.5. The van der Waals surface area contributed by atoms with E-state index in [-0.39, 0.29) is 11.8 Å². The van der Waals surface area contributed by atoms with E-state index in [1.807, 2.05) is 6.08 Å². The summed E-state index contributed by atoms with van der Waals surface area (Å²) in [5, 5.41) is 2.52. The van der Waals surface area contributed by atoms with E-state index in [2.05, 4.69) is 23.2 Å². The molecule has 2 saturated heterocycles. The fraction of sp³-hybridized carbons (Fsp3) is 0.826. The third-order valence-electron chi connectivity index (χ3n) is 6.04. The summed E-state index contributed by atoms with van der Waals surface area (Å²) < 4.78 is 5.39. The maximum absolute atomic E-state index is 12.5. The quantitative estimate of drug-likeness (QED) is 0.273. The second-order valence-electron chi connectivity index (χ2n) is 8.43. The second-order valence-corrected chi connectivity index (χ2v) is 8.43. The summed E-state index contributed by atoms with van der Waals surface area (Å²) in [5.41, 5.74) is -0.622. The number of nitrogens with one attached hydrogen (secondary N) is 1. The lowest BCUT2D eigenvalue weighted by Crippen LogP contribution is -2.37. The number of hydrogen-bond donors (Lipinski definition) is 1. The lowest BCUT2D eigenvalue weighted by Gasteiger charge is -2.28. The number of ether oxygens (including phenoxy) is 1. The lowest BCUT2D eigenvalue weighted by atomic mass is 9.80. The zero-order valence-electron chi connectivity index (χ0n) is 17.8. The molecule has 1 N–H and O–H groups in total. The molecule has 0 aromatic rings. The monoisotopic (exact) mass is 392 g/mol. The molecule has 1 unspecified atom stereocenters. The molecule has 0 saturated carbocycles. The SMILES string of the molecule is CCCCCCCCCCC=CC1(CCCN2CCOCC2)CC(=O)NC1=O. The highest BCUT2D eigenvalue weighted by Crippen LogP contribution is 2.35. The number of hydrogen-bond acceptors (Lipinski definition) is 4. The Morgan fingerprint density at radius 2 is 1.68 bits per heavy atom. The summed E-state index contributed by atoms with van der Waals surface area (Å²) in [6.07, 6.45) is 17.6. The summed E-state index contributed by atoms with van der Waals surface area (Å²) in [7, 11) is 0. The van der Waals surface area contributed by atoms with Crippen LogP contribution in [0.25, 0.3) is 0 Å². The molecule has 0 aromatic heterocycles. The fourth-order valence-corrected chi connectivity index (χ4v) is 4.23. The molecule has 160 valence electrons. The Hall–Kier alpha value is -1.20. The molecule has 28 heavy (non-hydrogen) atoms. The van der Waals surface area contributed by atoms with Gasteiger partial charge in [0.25, 0.3) is 0 Å². The molecule has 5 nitrogen and oxygen atoms in total. The van der Waals surface area contributed by atoms with Crippen LogP contribution in [0.2, 0.25) is 0 Å². The second kappa shape index (κ2) is 13.1. The summed E-state index contributed by atoms with van der Waals surface area (Å²) in [6.45, 7) is 6.74. The molecule has 2 amide bonds. The smallest absolute Gasteiger partial charge is 0.237 e. The third kappa shape index (κ3) is 8.04. The van der Waals surface area contributed by atoms with Crippen molar-refractivity contribution in [2.24, 2.45) is 5.41 Å². The average molecular weight is 393 g/mol. The van der Waals surface area contributed by atoms with Crippen molar-refractivity contribution < 1.29 is 14.3 Å². The van der Waals surface area contributed by atoms with Gasteiger partial charge in [0.1, 0.15) is 0 Å². The van der Waals surface area contributed by atoms with Crippen molar-refractivity contribution in [3.63, 3.8) is 0 Å². The zero-order valence-corrected chi connectivity index (χ0v) is 17.8. The van der Waals surface area contributed by atoms with Gasteiger partial charge in [-0.3, -0.25) is 19.8 Å². The van der Waals surface area contributed by atoms with Crippen molar-refractivity contribution >= 4 is 11.8 Å². The Bertz CT molecular complexity index is 500. The first kappa shape index (κ1) is 23.1. The minimum absolute atomic E-state index is 0.105. The largest absolute Gasteiger partial charge is 0.379 e. The maximum atomic E-state index is 12.5. The van der Waals surface area contributed by atoms with Crippen LogP contribution in [0, 0.1) is 5.41 Å². The Balaban J connectivity index is 1.69. The van der Waals surface area contributed by atoms with Gasteiger partial charge >= 0.3 is 0 Å². The van der Waals surface area contributed by atoms with Gasteiger partial charge in [0.05, 0.1) is 18.6 Å². The highest BCUT2D eigenvalue weighted by molar-refractivity contribution is 6.06. The van der Waals surface area contributed by atoms with E-state index in [1.54, 1.807) is 0 Å². The minimum Gasteiger partial charge on any atom is -0.379 e. The van der Waals surface area contributed by atoms with Crippen LogP contribution in [0.3, 0.4) is 0 Å². The van der Waals surface area contributed by atoms with E-state index in [0.29, 0.717) is 6.42 Å². The normalized spacial score (nSPS) is 23.6. The topological polar surface area (TPSA) is 58.6 Å². The van der Waals surface area contributed by atoms with Gasteiger partial charge in [-0.05, 0) is 32.2 Å². The van der Waals surface area contributed by atoms with Crippen LogP contribution >= 0.6 is 0 Å². The summed E-state index contributed by atoms with van der Waals surface area (Å²) in [5.74, 6) is -0.236. The van der Waals surface area contributed by atoms with Crippen molar-refractivity contribution in [3.8, 4) is 0 Å². The van der Waals surface area contributed by atoms with Crippen LogP contribution in [0.1, 0.15) is 84.0 Å². The van der Waals surface area contributed by atoms with E-state index in [1.165, 1.54) is 51.4 Å². The number of allylic oxidation sites excluding steroid dienone is 1. The number of imide groups is 1. The van der Waals surface area contributed by atoms with E-state index < -0.39 is 5.41 Å². The Morgan fingerprint density at radius 3 is 2.32 bits per heavy atom. The van der Waals surface area contributed by atoms with Gasteiger partial charge < -0.3 is 4.74 Å². The molecule has 2 aliphatic rings. The number of unbranched alkanes of at least 4 members (excludes halogenated alkanes) is 8. The Kier molecular flexibility index (Phi) is 10.8.